The van der Waals surface area contributed by atoms with Crippen LogP contribution in [0.1, 0.15) is 19.3 Å². The Kier molecular flexibility index (Phi) is 0.855. The quantitative estimate of drug-likeness (QED) is 0.604. The SMILES string of the molecule is O=C(O)C12CCC1(C(=O)O)C2. The zero-order valence-electron chi connectivity index (χ0n) is 5.83. The van der Waals surface area contributed by atoms with Crippen molar-refractivity contribution in [1.82, 2.24) is 0 Å². The first kappa shape index (κ1) is 6.64. The van der Waals surface area contributed by atoms with Gasteiger partial charge in [-0.25, -0.2) is 0 Å². The van der Waals surface area contributed by atoms with Crippen molar-refractivity contribution in [3.05, 3.63) is 0 Å². The molecule has 4 nitrogen and oxygen atoms in total. The molecule has 60 valence electrons. The molecular weight excluding hydrogens is 148 g/mol. The van der Waals surface area contributed by atoms with Crippen molar-refractivity contribution in [3.63, 3.8) is 0 Å². The van der Waals surface area contributed by atoms with Gasteiger partial charge in [-0.05, 0) is 19.3 Å². The minimum absolute atomic E-state index is 0.338. The Hall–Kier alpha value is -1.06. The van der Waals surface area contributed by atoms with E-state index in [1.165, 1.54) is 0 Å². The molecule has 2 N–H and O–H groups in total. The molecule has 0 aromatic rings. The topological polar surface area (TPSA) is 74.6 Å². The number of fused-ring (bicyclic) bond motifs is 1. The van der Waals surface area contributed by atoms with E-state index in [1.807, 2.05) is 0 Å². The summed E-state index contributed by atoms with van der Waals surface area (Å²) >= 11 is 0. The van der Waals surface area contributed by atoms with Gasteiger partial charge in [0.15, 0.2) is 0 Å². The summed E-state index contributed by atoms with van der Waals surface area (Å²) in [4.78, 5) is 21.2. The van der Waals surface area contributed by atoms with Crippen molar-refractivity contribution < 1.29 is 19.8 Å². The first-order valence-corrected chi connectivity index (χ1v) is 3.52. The van der Waals surface area contributed by atoms with E-state index in [4.69, 9.17) is 10.2 Å². The lowest BCUT2D eigenvalue weighted by Crippen LogP contribution is -2.37. The summed E-state index contributed by atoms with van der Waals surface area (Å²) in [5, 5.41) is 17.4. The van der Waals surface area contributed by atoms with Crippen molar-refractivity contribution >= 4 is 11.9 Å². The third kappa shape index (κ3) is 0.450. The molecule has 2 rings (SSSR count). The third-order valence-corrected chi connectivity index (χ3v) is 3.19. The lowest BCUT2D eigenvalue weighted by atomic mass is 9.74. The summed E-state index contributed by atoms with van der Waals surface area (Å²) in [5.41, 5.74) is -1.75. The highest BCUT2D eigenvalue weighted by molar-refractivity contribution is 5.95. The number of rotatable bonds is 2. The van der Waals surface area contributed by atoms with Gasteiger partial charge in [0, 0.05) is 0 Å². The molecule has 0 heterocycles. The first-order chi connectivity index (χ1) is 5.05. The van der Waals surface area contributed by atoms with Crippen molar-refractivity contribution in [2.75, 3.05) is 0 Å². The number of carbonyl (C=O) groups is 2. The molecule has 2 fully saturated rings. The molecule has 2 aliphatic rings. The molecule has 0 amide bonds. The average Bonchev–Trinajstić information content (AvgIpc) is 2.31. The fourth-order valence-electron chi connectivity index (χ4n) is 2.15. The summed E-state index contributed by atoms with van der Waals surface area (Å²) in [6, 6.07) is 0. The van der Waals surface area contributed by atoms with E-state index in [9.17, 15) is 9.59 Å². The molecule has 0 bridgehead atoms. The lowest BCUT2D eigenvalue weighted by molar-refractivity contribution is -0.160. The molecule has 4 heteroatoms. The highest BCUT2D eigenvalue weighted by atomic mass is 16.4. The lowest BCUT2D eigenvalue weighted by Gasteiger charge is -2.28. The van der Waals surface area contributed by atoms with Gasteiger partial charge in [0.1, 0.15) is 0 Å². The Balaban J connectivity index is 2.27. The summed E-state index contributed by atoms with van der Waals surface area (Å²) in [7, 11) is 0. The van der Waals surface area contributed by atoms with Gasteiger partial charge >= 0.3 is 11.9 Å². The van der Waals surface area contributed by atoms with Crippen molar-refractivity contribution in [2.45, 2.75) is 19.3 Å². The van der Waals surface area contributed by atoms with E-state index in [2.05, 4.69) is 0 Å². The van der Waals surface area contributed by atoms with E-state index < -0.39 is 22.8 Å². The summed E-state index contributed by atoms with van der Waals surface area (Å²) in [6.07, 6.45) is 1.41. The van der Waals surface area contributed by atoms with Crippen LogP contribution in [0.3, 0.4) is 0 Å². The van der Waals surface area contributed by atoms with Crippen LogP contribution in [0.2, 0.25) is 0 Å². The fourth-order valence-corrected chi connectivity index (χ4v) is 2.15. The van der Waals surface area contributed by atoms with Crippen LogP contribution in [0.15, 0.2) is 0 Å². The van der Waals surface area contributed by atoms with Gasteiger partial charge in [0.05, 0.1) is 10.8 Å². The van der Waals surface area contributed by atoms with E-state index in [1.54, 1.807) is 0 Å². The highest BCUT2D eigenvalue weighted by Crippen LogP contribution is 2.77. The van der Waals surface area contributed by atoms with Gasteiger partial charge in [-0.3, -0.25) is 9.59 Å². The second kappa shape index (κ2) is 1.42. The number of carboxylic acid groups (broad SMARTS) is 2. The number of aliphatic carboxylic acids is 2. The highest BCUT2D eigenvalue weighted by Gasteiger charge is 2.82. The van der Waals surface area contributed by atoms with E-state index >= 15 is 0 Å². The van der Waals surface area contributed by atoms with Crippen LogP contribution in [0.4, 0.5) is 0 Å². The van der Waals surface area contributed by atoms with Gasteiger partial charge in [-0.1, -0.05) is 0 Å². The molecule has 0 spiro atoms. The Bertz CT molecular complexity index is 233. The Morgan fingerprint density at radius 3 is 1.45 bits per heavy atom. The first-order valence-electron chi connectivity index (χ1n) is 3.52. The maximum atomic E-state index is 10.6. The van der Waals surface area contributed by atoms with Crippen LogP contribution in [0.5, 0.6) is 0 Å². The molecule has 2 unspecified atom stereocenters. The predicted octanol–water partition coefficient (Wildman–Crippen LogP) is 0.326. The van der Waals surface area contributed by atoms with Crippen LogP contribution in [-0.2, 0) is 9.59 Å². The normalized spacial score (nSPS) is 45.5. The van der Waals surface area contributed by atoms with Crippen LogP contribution in [-0.4, -0.2) is 22.2 Å². The van der Waals surface area contributed by atoms with E-state index in [-0.39, 0.29) is 0 Å². The zero-order valence-corrected chi connectivity index (χ0v) is 5.83. The van der Waals surface area contributed by atoms with E-state index in [0.29, 0.717) is 19.3 Å². The second-order valence-corrected chi connectivity index (χ2v) is 3.45. The van der Waals surface area contributed by atoms with Crippen LogP contribution >= 0.6 is 0 Å². The molecule has 11 heavy (non-hydrogen) atoms. The second-order valence-electron chi connectivity index (χ2n) is 3.45. The molecule has 0 radical (unpaired) electrons. The molecule has 2 atom stereocenters. The minimum Gasteiger partial charge on any atom is -0.481 e. The Morgan fingerprint density at radius 1 is 1.00 bits per heavy atom. The number of hydrogen-bond acceptors (Lipinski definition) is 2. The van der Waals surface area contributed by atoms with Gasteiger partial charge in [-0.15, -0.1) is 0 Å². The van der Waals surface area contributed by atoms with Crippen molar-refractivity contribution in [3.8, 4) is 0 Å². The molecule has 0 aromatic carbocycles. The molecule has 2 saturated carbocycles. The standard InChI is InChI=1S/C7H8O4/c8-4(9)6-1-2-7(6,3-6)5(10)11/h1-3H2,(H,8,9)(H,10,11). The summed E-state index contributed by atoms with van der Waals surface area (Å²) in [6.45, 7) is 0. The number of carboxylic acids is 2. The van der Waals surface area contributed by atoms with E-state index in [0.717, 1.165) is 0 Å². The summed E-state index contributed by atoms with van der Waals surface area (Å²) < 4.78 is 0. The third-order valence-electron chi connectivity index (χ3n) is 3.19. The molecule has 0 aliphatic heterocycles. The Labute approximate surface area is 62.8 Å². The predicted molar refractivity (Wildman–Crippen MR) is 34.0 cm³/mol. The molecule has 0 saturated heterocycles. The monoisotopic (exact) mass is 156 g/mol. The van der Waals surface area contributed by atoms with Gasteiger partial charge in [0.25, 0.3) is 0 Å². The van der Waals surface area contributed by atoms with Gasteiger partial charge in [-0.2, -0.15) is 0 Å². The van der Waals surface area contributed by atoms with Crippen LogP contribution < -0.4 is 0 Å². The summed E-state index contributed by atoms with van der Waals surface area (Å²) in [5.74, 6) is -1.88. The average molecular weight is 156 g/mol. The fraction of sp³-hybridized carbons (Fsp3) is 0.714. The minimum atomic E-state index is -0.939. The van der Waals surface area contributed by atoms with Gasteiger partial charge < -0.3 is 10.2 Å². The van der Waals surface area contributed by atoms with Crippen LogP contribution in [0.25, 0.3) is 0 Å². The molecule has 2 aliphatic carbocycles. The Morgan fingerprint density at radius 2 is 1.36 bits per heavy atom. The van der Waals surface area contributed by atoms with Gasteiger partial charge in [0.2, 0.25) is 0 Å². The van der Waals surface area contributed by atoms with Crippen molar-refractivity contribution in [1.29, 1.82) is 0 Å². The molecule has 0 aromatic heterocycles. The maximum absolute atomic E-state index is 10.6. The molecular formula is C7H8O4. The van der Waals surface area contributed by atoms with Crippen LogP contribution in [0, 0.1) is 10.8 Å². The zero-order chi connectivity index (χ0) is 8.28. The largest absolute Gasteiger partial charge is 0.481 e. The van der Waals surface area contributed by atoms with Crippen molar-refractivity contribution in [2.24, 2.45) is 10.8 Å². The maximum Gasteiger partial charge on any atom is 0.310 e. The number of hydrogen-bond donors (Lipinski definition) is 2. The smallest absolute Gasteiger partial charge is 0.310 e.